The highest BCUT2D eigenvalue weighted by molar-refractivity contribution is 5.88. The van der Waals surface area contributed by atoms with Gasteiger partial charge in [0, 0.05) is 12.2 Å². The maximum Gasteiger partial charge on any atom is 0.229 e. The average molecular weight is 256 g/mol. The second-order valence-corrected chi connectivity index (χ2v) is 4.75. The molecule has 0 saturated carbocycles. The molecule has 98 valence electrons. The lowest BCUT2D eigenvalue weighted by Crippen LogP contribution is -2.29. The van der Waals surface area contributed by atoms with Gasteiger partial charge in [-0.05, 0) is 30.7 Å². The first-order valence-corrected chi connectivity index (χ1v) is 6.40. The van der Waals surface area contributed by atoms with Crippen molar-refractivity contribution in [3.8, 4) is 0 Å². The van der Waals surface area contributed by atoms with Crippen LogP contribution in [-0.2, 0) is 11.3 Å². The molecular weight excluding hydrogens is 240 g/mol. The van der Waals surface area contributed by atoms with E-state index in [4.69, 9.17) is 4.42 Å². The fourth-order valence-electron chi connectivity index (χ4n) is 2.40. The third-order valence-electron chi connectivity index (χ3n) is 3.38. The molecule has 1 aromatic heterocycles. The van der Waals surface area contributed by atoms with Crippen LogP contribution in [0, 0.1) is 6.92 Å². The summed E-state index contributed by atoms with van der Waals surface area (Å²) in [6.45, 7) is 2.98. The van der Waals surface area contributed by atoms with Crippen LogP contribution < -0.4 is 10.6 Å². The van der Waals surface area contributed by atoms with E-state index >= 15 is 0 Å². The number of fused-ring (bicyclic) bond motifs is 1. The van der Waals surface area contributed by atoms with Crippen molar-refractivity contribution in [1.29, 1.82) is 0 Å². The summed E-state index contributed by atoms with van der Waals surface area (Å²) in [5.74, 6) is 1.56. The van der Waals surface area contributed by atoms with Gasteiger partial charge in [-0.1, -0.05) is 18.2 Å². The van der Waals surface area contributed by atoms with Crippen LogP contribution in [0.25, 0.3) is 0 Å². The summed E-state index contributed by atoms with van der Waals surface area (Å²) in [6.07, 6.45) is 0. The van der Waals surface area contributed by atoms with Crippen molar-refractivity contribution in [3.63, 3.8) is 0 Å². The summed E-state index contributed by atoms with van der Waals surface area (Å²) in [7, 11) is 0. The van der Waals surface area contributed by atoms with Crippen LogP contribution in [0.1, 0.15) is 23.0 Å². The molecule has 2 aromatic rings. The third-order valence-corrected chi connectivity index (χ3v) is 3.38. The maximum atomic E-state index is 12.2. The number of anilines is 1. The van der Waals surface area contributed by atoms with Crippen molar-refractivity contribution in [2.75, 3.05) is 11.9 Å². The zero-order chi connectivity index (χ0) is 13.2. The summed E-state index contributed by atoms with van der Waals surface area (Å²) in [5, 5.41) is 6.17. The van der Waals surface area contributed by atoms with Crippen molar-refractivity contribution in [2.24, 2.45) is 0 Å². The van der Waals surface area contributed by atoms with Crippen molar-refractivity contribution in [1.82, 2.24) is 5.32 Å². The van der Waals surface area contributed by atoms with E-state index in [0.29, 0.717) is 13.1 Å². The largest absolute Gasteiger partial charge is 0.465 e. The molecule has 1 aliphatic rings. The fourth-order valence-corrected chi connectivity index (χ4v) is 2.40. The van der Waals surface area contributed by atoms with Gasteiger partial charge in [0.1, 0.15) is 11.5 Å². The first-order chi connectivity index (χ1) is 9.24. The Morgan fingerprint density at radius 1 is 1.37 bits per heavy atom. The minimum absolute atomic E-state index is 0.0338. The van der Waals surface area contributed by atoms with Crippen LogP contribution in [0.2, 0.25) is 0 Å². The van der Waals surface area contributed by atoms with Gasteiger partial charge in [-0.3, -0.25) is 4.79 Å². The fraction of sp³-hybridized carbons (Fsp3) is 0.267. The average Bonchev–Trinajstić information content (AvgIpc) is 3.02. The highest BCUT2D eigenvalue weighted by atomic mass is 16.3. The molecular formula is C15H16N2O2. The van der Waals surface area contributed by atoms with E-state index in [1.165, 1.54) is 0 Å². The van der Waals surface area contributed by atoms with Gasteiger partial charge < -0.3 is 15.1 Å². The quantitative estimate of drug-likeness (QED) is 0.886. The molecule has 1 aliphatic heterocycles. The summed E-state index contributed by atoms with van der Waals surface area (Å²) >= 11 is 0. The predicted molar refractivity (Wildman–Crippen MR) is 73.0 cm³/mol. The molecule has 1 atom stereocenters. The Bertz CT molecular complexity index is 604. The van der Waals surface area contributed by atoms with Gasteiger partial charge in [-0.25, -0.2) is 0 Å². The number of hydrogen-bond donors (Lipinski definition) is 2. The highest BCUT2D eigenvalue weighted by Gasteiger charge is 2.27. The smallest absolute Gasteiger partial charge is 0.229 e. The number of benzene rings is 1. The molecule has 4 nitrogen and oxygen atoms in total. The SMILES string of the molecule is Cc1ccc(CNC(=O)C2CNc3ccccc32)o1. The monoisotopic (exact) mass is 256 g/mol. The van der Waals surface area contributed by atoms with Crippen molar-refractivity contribution in [3.05, 3.63) is 53.5 Å². The van der Waals surface area contributed by atoms with E-state index in [9.17, 15) is 4.79 Å². The van der Waals surface area contributed by atoms with E-state index < -0.39 is 0 Å². The molecule has 0 radical (unpaired) electrons. The molecule has 2 heterocycles. The normalized spacial score (nSPS) is 16.8. The number of rotatable bonds is 3. The molecule has 0 fully saturated rings. The van der Waals surface area contributed by atoms with Crippen LogP contribution in [0.15, 0.2) is 40.8 Å². The van der Waals surface area contributed by atoms with Crippen molar-refractivity contribution >= 4 is 11.6 Å². The van der Waals surface area contributed by atoms with E-state index in [1.54, 1.807) is 0 Å². The van der Waals surface area contributed by atoms with Gasteiger partial charge >= 0.3 is 0 Å². The van der Waals surface area contributed by atoms with Crippen LogP contribution in [0.3, 0.4) is 0 Å². The van der Waals surface area contributed by atoms with Crippen LogP contribution in [0.4, 0.5) is 5.69 Å². The van der Waals surface area contributed by atoms with E-state index in [0.717, 1.165) is 22.8 Å². The van der Waals surface area contributed by atoms with Gasteiger partial charge in [0.25, 0.3) is 0 Å². The molecule has 1 amide bonds. The topological polar surface area (TPSA) is 54.3 Å². The lowest BCUT2D eigenvalue weighted by molar-refractivity contribution is -0.122. The van der Waals surface area contributed by atoms with Crippen molar-refractivity contribution in [2.45, 2.75) is 19.4 Å². The molecule has 0 spiro atoms. The molecule has 3 rings (SSSR count). The Morgan fingerprint density at radius 3 is 3.00 bits per heavy atom. The van der Waals surface area contributed by atoms with Gasteiger partial charge in [0.15, 0.2) is 0 Å². The number of nitrogens with one attached hydrogen (secondary N) is 2. The molecule has 4 heteroatoms. The lowest BCUT2D eigenvalue weighted by atomic mass is 10.0. The predicted octanol–water partition coefficient (Wildman–Crippen LogP) is 2.41. The van der Waals surface area contributed by atoms with Gasteiger partial charge in [-0.15, -0.1) is 0 Å². The van der Waals surface area contributed by atoms with E-state index in [1.807, 2.05) is 43.3 Å². The summed E-state index contributed by atoms with van der Waals surface area (Å²) in [6, 6.07) is 11.7. The summed E-state index contributed by atoms with van der Waals surface area (Å²) < 4.78 is 5.44. The maximum absolute atomic E-state index is 12.2. The second kappa shape index (κ2) is 4.80. The standard InChI is InChI=1S/C15H16N2O2/c1-10-6-7-11(19-10)8-17-15(18)13-9-16-14-5-3-2-4-12(13)14/h2-7,13,16H,8-9H2,1H3,(H,17,18). The molecule has 19 heavy (non-hydrogen) atoms. The number of furan rings is 1. The molecule has 0 aliphatic carbocycles. The Labute approximate surface area is 111 Å². The molecule has 0 saturated heterocycles. The minimum atomic E-state index is -0.118. The number of para-hydroxylation sites is 1. The van der Waals surface area contributed by atoms with E-state index in [-0.39, 0.29) is 11.8 Å². The number of amides is 1. The van der Waals surface area contributed by atoms with E-state index in [2.05, 4.69) is 10.6 Å². The number of hydrogen-bond acceptors (Lipinski definition) is 3. The Balaban J connectivity index is 1.66. The van der Waals surface area contributed by atoms with Gasteiger partial charge in [0.2, 0.25) is 5.91 Å². The first kappa shape index (κ1) is 11.8. The number of carbonyl (C=O) groups is 1. The van der Waals surface area contributed by atoms with Gasteiger partial charge in [-0.2, -0.15) is 0 Å². The number of carbonyl (C=O) groups excluding carboxylic acids is 1. The summed E-state index contributed by atoms with van der Waals surface area (Å²) in [5.41, 5.74) is 2.12. The molecule has 2 N–H and O–H groups in total. The third kappa shape index (κ3) is 2.34. The van der Waals surface area contributed by atoms with Gasteiger partial charge in [0.05, 0.1) is 12.5 Å². The van der Waals surface area contributed by atoms with Crippen LogP contribution in [-0.4, -0.2) is 12.5 Å². The Morgan fingerprint density at radius 2 is 2.21 bits per heavy atom. The van der Waals surface area contributed by atoms with Crippen molar-refractivity contribution < 1.29 is 9.21 Å². The zero-order valence-corrected chi connectivity index (χ0v) is 10.8. The minimum Gasteiger partial charge on any atom is -0.465 e. The molecule has 1 unspecified atom stereocenters. The lowest BCUT2D eigenvalue weighted by Gasteiger charge is -2.10. The van der Waals surface area contributed by atoms with Crippen LogP contribution >= 0.6 is 0 Å². The van der Waals surface area contributed by atoms with Crippen LogP contribution in [0.5, 0.6) is 0 Å². The Kier molecular flexibility index (Phi) is 2.99. The zero-order valence-electron chi connectivity index (χ0n) is 10.8. The first-order valence-electron chi connectivity index (χ1n) is 6.40. The number of aryl methyl sites for hydroxylation is 1. The molecule has 0 bridgehead atoms. The second-order valence-electron chi connectivity index (χ2n) is 4.75. The summed E-state index contributed by atoms with van der Waals surface area (Å²) in [4.78, 5) is 12.2. The molecule has 1 aromatic carbocycles. The Hall–Kier alpha value is -2.23. The highest BCUT2D eigenvalue weighted by Crippen LogP contribution is 2.30.